The van der Waals surface area contributed by atoms with Gasteiger partial charge in [-0.1, -0.05) is 0 Å². The zero-order valence-electron chi connectivity index (χ0n) is 10.2. The van der Waals surface area contributed by atoms with Crippen LogP contribution in [-0.2, 0) is 4.74 Å². The molecule has 98 valence electrons. The van der Waals surface area contributed by atoms with Crippen molar-refractivity contribution in [3.8, 4) is 0 Å². The van der Waals surface area contributed by atoms with Gasteiger partial charge in [0.1, 0.15) is 11.6 Å². The van der Waals surface area contributed by atoms with Crippen molar-refractivity contribution >= 4 is 11.7 Å². The third kappa shape index (κ3) is 2.95. The largest absolute Gasteiger partial charge is 0.379 e. The molecule has 5 nitrogen and oxygen atoms in total. The summed E-state index contributed by atoms with van der Waals surface area (Å²) in [6.07, 6.45) is 1.87. The van der Waals surface area contributed by atoms with Crippen LogP contribution in [0.5, 0.6) is 0 Å². The van der Waals surface area contributed by atoms with Crippen molar-refractivity contribution in [1.82, 2.24) is 10.3 Å². The molecule has 6 heteroatoms. The van der Waals surface area contributed by atoms with Gasteiger partial charge in [-0.3, -0.25) is 4.79 Å². The van der Waals surface area contributed by atoms with Gasteiger partial charge in [0.05, 0.1) is 24.4 Å². The van der Waals surface area contributed by atoms with E-state index in [0.717, 1.165) is 12.6 Å². The summed E-state index contributed by atoms with van der Waals surface area (Å²) in [5.41, 5.74) is 0.226. The van der Waals surface area contributed by atoms with Crippen LogP contribution in [-0.4, -0.2) is 36.7 Å². The Balaban J connectivity index is 2.14. The van der Waals surface area contributed by atoms with E-state index in [1.807, 2.05) is 6.92 Å². The molecular formula is C12H16FN3O2. The van der Waals surface area contributed by atoms with Crippen LogP contribution < -0.4 is 10.6 Å². The van der Waals surface area contributed by atoms with E-state index in [2.05, 4.69) is 15.6 Å². The number of ether oxygens (including phenoxy) is 1. The number of halogens is 1. The maximum absolute atomic E-state index is 13.2. The van der Waals surface area contributed by atoms with Gasteiger partial charge < -0.3 is 15.4 Å². The highest BCUT2D eigenvalue weighted by molar-refractivity contribution is 5.98. The Labute approximate surface area is 105 Å². The number of nitrogens with one attached hydrogen (secondary N) is 2. The van der Waals surface area contributed by atoms with Crippen LogP contribution in [0.1, 0.15) is 23.7 Å². The molecule has 1 amide bonds. The van der Waals surface area contributed by atoms with Crippen molar-refractivity contribution < 1.29 is 13.9 Å². The van der Waals surface area contributed by atoms with E-state index in [4.69, 9.17) is 4.74 Å². The van der Waals surface area contributed by atoms with Crippen LogP contribution in [0.25, 0.3) is 0 Å². The van der Waals surface area contributed by atoms with E-state index >= 15 is 0 Å². The third-order valence-corrected chi connectivity index (χ3v) is 2.71. The normalized spacial score (nSPS) is 18.7. The van der Waals surface area contributed by atoms with Crippen molar-refractivity contribution in [2.45, 2.75) is 19.4 Å². The molecule has 1 unspecified atom stereocenters. The molecule has 1 fully saturated rings. The quantitative estimate of drug-likeness (QED) is 0.845. The maximum atomic E-state index is 13.2. The number of nitrogens with zero attached hydrogens (tertiary/aromatic N) is 1. The second kappa shape index (κ2) is 5.77. The molecule has 1 aliphatic rings. The Kier molecular flexibility index (Phi) is 4.09. The highest BCUT2D eigenvalue weighted by atomic mass is 19.1. The number of hydrogen-bond donors (Lipinski definition) is 2. The summed E-state index contributed by atoms with van der Waals surface area (Å²) in [5.74, 6) is -0.451. The molecule has 1 aromatic rings. The Morgan fingerprint density at radius 3 is 3.17 bits per heavy atom. The molecule has 0 bridgehead atoms. The van der Waals surface area contributed by atoms with Gasteiger partial charge in [-0.25, -0.2) is 9.37 Å². The van der Waals surface area contributed by atoms with E-state index in [1.54, 1.807) is 0 Å². The van der Waals surface area contributed by atoms with Gasteiger partial charge in [0, 0.05) is 13.2 Å². The van der Waals surface area contributed by atoms with Crippen LogP contribution in [0, 0.1) is 5.82 Å². The van der Waals surface area contributed by atoms with E-state index in [0.29, 0.717) is 25.6 Å². The van der Waals surface area contributed by atoms with Gasteiger partial charge in [-0.2, -0.15) is 0 Å². The molecule has 1 aromatic heterocycles. The molecule has 2 rings (SSSR count). The zero-order chi connectivity index (χ0) is 13.0. The van der Waals surface area contributed by atoms with Crippen molar-refractivity contribution in [3.63, 3.8) is 0 Å². The SMILES string of the molecule is CCNc1ncc(F)cc1C(=O)NC1CCOC1. The molecule has 0 saturated carbocycles. The van der Waals surface area contributed by atoms with E-state index in [9.17, 15) is 9.18 Å². The molecule has 0 aliphatic carbocycles. The molecule has 1 atom stereocenters. The first-order valence-corrected chi connectivity index (χ1v) is 5.98. The van der Waals surface area contributed by atoms with Gasteiger partial charge in [-0.05, 0) is 19.4 Å². The van der Waals surface area contributed by atoms with Crippen LogP contribution in [0.2, 0.25) is 0 Å². The summed E-state index contributed by atoms with van der Waals surface area (Å²) in [4.78, 5) is 15.9. The second-order valence-electron chi connectivity index (χ2n) is 4.11. The fourth-order valence-electron chi connectivity index (χ4n) is 1.83. The topological polar surface area (TPSA) is 63.2 Å². The molecular weight excluding hydrogens is 237 g/mol. The lowest BCUT2D eigenvalue weighted by Crippen LogP contribution is -2.35. The third-order valence-electron chi connectivity index (χ3n) is 2.71. The highest BCUT2D eigenvalue weighted by Gasteiger charge is 2.21. The lowest BCUT2D eigenvalue weighted by molar-refractivity contribution is 0.0930. The summed E-state index contributed by atoms with van der Waals surface area (Å²) in [7, 11) is 0. The van der Waals surface area contributed by atoms with Crippen LogP contribution >= 0.6 is 0 Å². The molecule has 0 radical (unpaired) electrons. The first-order valence-electron chi connectivity index (χ1n) is 5.98. The van der Waals surface area contributed by atoms with Crippen LogP contribution in [0.15, 0.2) is 12.3 Å². The van der Waals surface area contributed by atoms with E-state index in [1.165, 1.54) is 6.07 Å². The molecule has 1 saturated heterocycles. The maximum Gasteiger partial charge on any atom is 0.255 e. The minimum Gasteiger partial charge on any atom is -0.379 e. The van der Waals surface area contributed by atoms with Crippen molar-refractivity contribution in [3.05, 3.63) is 23.6 Å². The van der Waals surface area contributed by atoms with Gasteiger partial charge in [0.15, 0.2) is 0 Å². The monoisotopic (exact) mass is 253 g/mol. The number of anilines is 1. The van der Waals surface area contributed by atoms with Crippen molar-refractivity contribution in [2.75, 3.05) is 25.1 Å². The summed E-state index contributed by atoms with van der Waals surface area (Å²) in [6.45, 7) is 3.65. The van der Waals surface area contributed by atoms with Gasteiger partial charge in [0.25, 0.3) is 5.91 Å². The summed E-state index contributed by atoms with van der Waals surface area (Å²) in [5, 5.41) is 5.75. The Hall–Kier alpha value is -1.69. The molecule has 0 spiro atoms. The number of aromatic nitrogens is 1. The molecule has 2 heterocycles. The van der Waals surface area contributed by atoms with Crippen LogP contribution in [0.3, 0.4) is 0 Å². The number of amides is 1. The summed E-state index contributed by atoms with van der Waals surface area (Å²) in [6, 6.07) is 1.19. The van der Waals surface area contributed by atoms with E-state index in [-0.39, 0.29) is 17.5 Å². The standard InChI is InChI=1S/C12H16FN3O2/c1-2-14-11-10(5-8(13)6-15-11)12(17)16-9-3-4-18-7-9/h5-6,9H,2-4,7H2,1H3,(H,14,15)(H,16,17). The lowest BCUT2D eigenvalue weighted by atomic mass is 10.2. The smallest absolute Gasteiger partial charge is 0.255 e. The average Bonchev–Trinajstić information content (AvgIpc) is 2.84. The number of carbonyl (C=O) groups is 1. The van der Waals surface area contributed by atoms with Gasteiger partial charge >= 0.3 is 0 Å². The summed E-state index contributed by atoms with van der Waals surface area (Å²) < 4.78 is 18.3. The number of hydrogen-bond acceptors (Lipinski definition) is 4. The van der Waals surface area contributed by atoms with Crippen LogP contribution in [0.4, 0.5) is 10.2 Å². The minimum absolute atomic E-state index is 0.00440. The summed E-state index contributed by atoms with van der Waals surface area (Å²) >= 11 is 0. The minimum atomic E-state index is -0.524. The first kappa shape index (κ1) is 12.8. The zero-order valence-corrected chi connectivity index (χ0v) is 10.2. The van der Waals surface area contributed by atoms with E-state index < -0.39 is 5.82 Å². The predicted molar refractivity (Wildman–Crippen MR) is 65.0 cm³/mol. The van der Waals surface area contributed by atoms with Gasteiger partial charge in [0.2, 0.25) is 0 Å². The van der Waals surface area contributed by atoms with Crippen molar-refractivity contribution in [1.29, 1.82) is 0 Å². The Morgan fingerprint density at radius 2 is 2.50 bits per heavy atom. The fourth-order valence-corrected chi connectivity index (χ4v) is 1.83. The van der Waals surface area contributed by atoms with Crippen molar-refractivity contribution in [2.24, 2.45) is 0 Å². The molecule has 1 aliphatic heterocycles. The molecule has 18 heavy (non-hydrogen) atoms. The highest BCUT2D eigenvalue weighted by Crippen LogP contribution is 2.14. The number of carbonyl (C=O) groups excluding carboxylic acids is 1. The average molecular weight is 253 g/mol. The Morgan fingerprint density at radius 1 is 1.67 bits per heavy atom. The Bertz CT molecular complexity index is 433. The number of rotatable bonds is 4. The number of pyridine rings is 1. The second-order valence-corrected chi connectivity index (χ2v) is 4.11. The molecule has 0 aromatic carbocycles. The fraction of sp³-hybridized carbons (Fsp3) is 0.500. The predicted octanol–water partition coefficient (Wildman–Crippen LogP) is 1.17. The molecule has 2 N–H and O–H groups in total. The first-order chi connectivity index (χ1) is 8.70. The lowest BCUT2D eigenvalue weighted by Gasteiger charge is -2.13. The van der Waals surface area contributed by atoms with Gasteiger partial charge in [-0.15, -0.1) is 0 Å².